The summed E-state index contributed by atoms with van der Waals surface area (Å²) in [5.74, 6) is 1.54. The van der Waals surface area contributed by atoms with Gasteiger partial charge in [-0.1, -0.05) is 43.3 Å². The van der Waals surface area contributed by atoms with Crippen LogP contribution in [0.15, 0.2) is 67.1 Å². The molecule has 4 heterocycles. The Morgan fingerprint density at radius 2 is 1.81 bits per heavy atom. The Balaban J connectivity index is 1.12. The predicted molar refractivity (Wildman–Crippen MR) is 148 cm³/mol. The number of imidazole rings is 1. The molecule has 192 valence electrons. The van der Waals surface area contributed by atoms with E-state index in [-0.39, 0.29) is 0 Å². The lowest BCUT2D eigenvalue weighted by atomic mass is 9.91. The Morgan fingerprint density at radius 3 is 2.65 bits per heavy atom. The fourth-order valence-corrected chi connectivity index (χ4v) is 6.05. The third kappa shape index (κ3) is 5.11. The highest BCUT2D eigenvalue weighted by Crippen LogP contribution is 2.32. The molecule has 1 aromatic carbocycles. The van der Waals surface area contributed by atoms with Crippen molar-refractivity contribution in [3.05, 3.63) is 89.6 Å². The van der Waals surface area contributed by atoms with Crippen molar-refractivity contribution in [3.8, 4) is 0 Å². The van der Waals surface area contributed by atoms with Crippen molar-refractivity contribution >= 4 is 11.6 Å². The van der Waals surface area contributed by atoms with Gasteiger partial charge in [-0.3, -0.25) is 19.2 Å². The third-order valence-corrected chi connectivity index (χ3v) is 8.08. The smallest absolute Gasteiger partial charge is 0.211 e. The molecule has 7 nitrogen and oxygen atoms in total. The minimum atomic E-state index is 0.346. The second kappa shape index (κ2) is 10.6. The first-order valence-corrected chi connectivity index (χ1v) is 13.6. The van der Waals surface area contributed by atoms with Gasteiger partial charge < -0.3 is 4.90 Å². The molecule has 0 radical (unpaired) electrons. The molecule has 2 atom stereocenters. The van der Waals surface area contributed by atoms with Crippen LogP contribution in [0.4, 0.5) is 5.95 Å². The van der Waals surface area contributed by atoms with Crippen LogP contribution < -0.4 is 4.90 Å². The molecule has 1 aliphatic heterocycles. The second-order valence-electron chi connectivity index (χ2n) is 10.7. The normalized spacial score (nSPS) is 19.3. The monoisotopic (exact) mass is 495 g/mol. The van der Waals surface area contributed by atoms with Crippen molar-refractivity contribution in [2.75, 3.05) is 44.7 Å². The zero-order chi connectivity index (χ0) is 25.2. The Labute approximate surface area is 219 Å². The maximum Gasteiger partial charge on any atom is 0.211 e. The van der Waals surface area contributed by atoms with E-state index in [1.165, 1.54) is 23.2 Å². The number of hydrogen-bond acceptors (Lipinski definition) is 6. The van der Waals surface area contributed by atoms with Crippen LogP contribution in [0, 0.1) is 0 Å². The highest BCUT2D eigenvalue weighted by Gasteiger charge is 2.26. The van der Waals surface area contributed by atoms with Gasteiger partial charge in [0.05, 0.1) is 17.4 Å². The molecule has 0 amide bonds. The van der Waals surface area contributed by atoms with Gasteiger partial charge in [0.1, 0.15) is 5.65 Å². The number of pyridine rings is 1. The van der Waals surface area contributed by atoms with E-state index >= 15 is 0 Å². The lowest BCUT2D eigenvalue weighted by Gasteiger charge is -2.36. The average Bonchev–Trinajstić information content (AvgIpc) is 3.36. The molecule has 0 saturated carbocycles. The van der Waals surface area contributed by atoms with Crippen molar-refractivity contribution in [1.82, 2.24) is 29.2 Å². The summed E-state index contributed by atoms with van der Waals surface area (Å²) in [5, 5.41) is 0. The lowest BCUT2D eigenvalue weighted by Crippen LogP contribution is -2.48. The molecule has 6 rings (SSSR count). The molecular weight excluding hydrogens is 458 g/mol. The van der Waals surface area contributed by atoms with E-state index in [0.717, 1.165) is 69.4 Å². The highest BCUT2D eigenvalue weighted by molar-refractivity contribution is 5.48. The van der Waals surface area contributed by atoms with E-state index in [1.54, 1.807) is 0 Å². The number of aromatic nitrogens is 4. The van der Waals surface area contributed by atoms with E-state index in [2.05, 4.69) is 81.7 Å². The van der Waals surface area contributed by atoms with Crippen LogP contribution >= 0.6 is 0 Å². The van der Waals surface area contributed by atoms with Crippen molar-refractivity contribution in [1.29, 1.82) is 0 Å². The number of hydrogen-bond donors (Lipinski definition) is 0. The van der Waals surface area contributed by atoms with Gasteiger partial charge in [0, 0.05) is 57.9 Å². The number of fused-ring (bicyclic) bond motifs is 2. The molecule has 7 heteroatoms. The van der Waals surface area contributed by atoms with Gasteiger partial charge in [0.15, 0.2) is 0 Å². The molecule has 4 aromatic rings. The first-order chi connectivity index (χ1) is 18.2. The lowest BCUT2D eigenvalue weighted by molar-refractivity contribution is 0.206. The minimum Gasteiger partial charge on any atom is -0.339 e. The summed E-state index contributed by atoms with van der Waals surface area (Å²) < 4.78 is 2.18. The van der Waals surface area contributed by atoms with E-state index in [4.69, 9.17) is 15.0 Å². The molecule has 37 heavy (non-hydrogen) atoms. The molecular formula is C30H37N7. The first kappa shape index (κ1) is 24.1. The van der Waals surface area contributed by atoms with Crippen molar-refractivity contribution in [3.63, 3.8) is 0 Å². The Morgan fingerprint density at radius 1 is 0.973 bits per heavy atom. The zero-order valence-electron chi connectivity index (χ0n) is 22.0. The molecule has 0 bridgehead atoms. The van der Waals surface area contributed by atoms with E-state index < -0.39 is 0 Å². The van der Waals surface area contributed by atoms with Gasteiger partial charge in [0.2, 0.25) is 5.95 Å². The highest BCUT2D eigenvalue weighted by atomic mass is 15.3. The average molecular weight is 496 g/mol. The van der Waals surface area contributed by atoms with E-state index in [9.17, 15) is 0 Å². The van der Waals surface area contributed by atoms with Gasteiger partial charge in [-0.05, 0) is 55.5 Å². The Kier molecular flexibility index (Phi) is 6.89. The fourth-order valence-electron chi connectivity index (χ4n) is 6.05. The Bertz CT molecular complexity index is 1330. The van der Waals surface area contributed by atoms with Gasteiger partial charge in [-0.15, -0.1) is 0 Å². The maximum atomic E-state index is 4.97. The molecule has 2 aliphatic rings. The standard InChI is InChI=1S/C30H37N7/c1-23(24-8-4-3-5-9-24)20-35-16-18-36(19-17-35)30-32-15-13-28-33-26(22-37(28)30)21-34(2)27-12-6-10-25-11-7-14-31-29(25)27/h3-5,7-9,11,13-15,22-23,27H,6,10,12,16-21H2,1-2H3/t23?,27-/m0/s1. The maximum absolute atomic E-state index is 4.97. The number of aryl methyl sites for hydroxylation is 1. The first-order valence-electron chi connectivity index (χ1n) is 13.6. The summed E-state index contributed by atoms with van der Waals surface area (Å²) in [6.45, 7) is 8.28. The van der Waals surface area contributed by atoms with Gasteiger partial charge in [-0.2, -0.15) is 0 Å². The van der Waals surface area contributed by atoms with Crippen LogP contribution in [0.2, 0.25) is 0 Å². The molecule has 3 aromatic heterocycles. The quantitative estimate of drug-likeness (QED) is 0.375. The summed E-state index contributed by atoms with van der Waals surface area (Å²) in [6.07, 6.45) is 9.50. The molecule has 1 fully saturated rings. The summed E-state index contributed by atoms with van der Waals surface area (Å²) in [5.41, 5.74) is 6.09. The summed E-state index contributed by atoms with van der Waals surface area (Å²) in [4.78, 5) is 21.9. The van der Waals surface area contributed by atoms with E-state index in [0.29, 0.717) is 12.0 Å². The minimum absolute atomic E-state index is 0.346. The Hall–Kier alpha value is -3.29. The predicted octanol–water partition coefficient (Wildman–Crippen LogP) is 4.56. The zero-order valence-corrected chi connectivity index (χ0v) is 22.0. The summed E-state index contributed by atoms with van der Waals surface area (Å²) in [6, 6.07) is 17.5. The number of anilines is 1. The molecule has 0 spiro atoms. The number of benzene rings is 1. The van der Waals surface area contributed by atoms with Gasteiger partial charge in [-0.25, -0.2) is 9.97 Å². The summed E-state index contributed by atoms with van der Waals surface area (Å²) >= 11 is 0. The van der Waals surface area contributed by atoms with Crippen molar-refractivity contribution in [2.45, 2.75) is 44.7 Å². The molecule has 1 unspecified atom stereocenters. The topological polar surface area (TPSA) is 52.8 Å². The SMILES string of the molecule is CC(CN1CCN(c2nccc3nc(CN(C)[C@H]4CCCc5cccnc54)cn23)CC1)c1ccccc1. The third-order valence-electron chi connectivity index (χ3n) is 8.08. The molecule has 0 N–H and O–H groups in total. The van der Waals surface area contributed by atoms with E-state index in [1.807, 2.05) is 18.5 Å². The largest absolute Gasteiger partial charge is 0.339 e. The van der Waals surface area contributed by atoms with Crippen LogP contribution in [-0.2, 0) is 13.0 Å². The van der Waals surface area contributed by atoms with Gasteiger partial charge in [0.25, 0.3) is 0 Å². The van der Waals surface area contributed by atoms with Crippen LogP contribution in [0.3, 0.4) is 0 Å². The van der Waals surface area contributed by atoms with Crippen LogP contribution in [0.5, 0.6) is 0 Å². The second-order valence-corrected chi connectivity index (χ2v) is 10.7. The van der Waals surface area contributed by atoms with Crippen molar-refractivity contribution < 1.29 is 0 Å². The summed E-state index contributed by atoms with van der Waals surface area (Å²) in [7, 11) is 2.20. The molecule has 1 saturated heterocycles. The van der Waals surface area contributed by atoms with Crippen LogP contribution in [-0.4, -0.2) is 68.9 Å². The fraction of sp³-hybridized carbons (Fsp3) is 0.433. The number of nitrogens with zero attached hydrogens (tertiary/aromatic N) is 7. The molecule has 1 aliphatic carbocycles. The van der Waals surface area contributed by atoms with Crippen LogP contribution in [0.25, 0.3) is 5.65 Å². The number of rotatable bonds is 7. The van der Waals surface area contributed by atoms with Crippen molar-refractivity contribution in [2.24, 2.45) is 0 Å². The van der Waals surface area contributed by atoms with Gasteiger partial charge >= 0.3 is 0 Å². The van der Waals surface area contributed by atoms with Crippen LogP contribution in [0.1, 0.15) is 54.2 Å². The number of piperazine rings is 1.